The molecule has 0 saturated carbocycles. The highest BCUT2D eigenvalue weighted by Gasteiger charge is 2.21. The maximum Gasteiger partial charge on any atom is -0.00108 e. The summed E-state index contributed by atoms with van der Waals surface area (Å²) in [6, 6.07) is 19.8. The first-order valence-electron chi connectivity index (χ1n) is 7.26. The molecular weight excluding hydrogens is 228 g/mol. The van der Waals surface area contributed by atoms with Crippen molar-refractivity contribution in [3.8, 4) is 0 Å². The minimum atomic E-state index is 1.10. The van der Waals surface area contributed by atoms with Gasteiger partial charge in [-0.25, -0.2) is 0 Å². The average molecular weight is 248 g/mol. The molecule has 0 unspecified atom stereocenters. The molecule has 0 spiro atoms. The van der Waals surface area contributed by atoms with Gasteiger partial charge in [0.15, 0.2) is 0 Å². The van der Waals surface area contributed by atoms with Crippen molar-refractivity contribution in [2.75, 3.05) is 0 Å². The third-order valence-corrected chi connectivity index (χ3v) is 3.98. The van der Waals surface area contributed by atoms with Gasteiger partial charge >= 0.3 is 0 Å². The second-order valence-corrected chi connectivity index (χ2v) is 5.26. The molecule has 1 aliphatic carbocycles. The molecule has 0 fully saturated rings. The van der Waals surface area contributed by atoms with Crippen molar-refractivity contribution >= 4 is 11.1 Å². The predicted octanol–water partition coefficient (Wildman–Crippen LogP) is 5.34. The van der Waals surface area contributed by atoms with Gasteiger partial charge in [-0.2, -0.15) is 0 Å². The van der Waals surface area contributed by atoms with Crippen molar-refractivity contribution in [3.05, 3.63) is 71.3 Å². The first-order valence-corrected chi connectivity index (χ1v) is 7.26. The van der Waals surface area contributed by atoms with E-state index >= 15 is 0 Å². The average Bonchev–Trinajstić information content (AvgIpc) is 2.85. The van der Waals surface area contributed by atoms with E-state index in [1.807, 2.05) is 0 Å². The van der Waals surface area contributed by atoms with Crippen LogP contribution in [0, 0.1) is 0 Å². The van der Waals surface area contributed by atoms with E-state index in [-0.39, 0.29) is 0 Å². The second-order valence-electron chi connectivity index (χ2n) is 5.26. The van der Waals surface area contributed by atoms with Gasteiger partial charge in [0.25, 0.3) is 0 Å². The SMILES string of the molecule is CCCCC1=C(c2ccccc2)Cc2ccccc21. The number of unbranched alkanes of at least 4 members (excludes halogenated alkanes) is 1. The first-order chi connectivity index (χ1) is 9.40. The monoisotopic (exact) mass is 248 g/mol. The van der Waals surface area contributed by atoms with Crippen LogP contribution < -0.4 is 0 Å². The van der Waals surface area contributed by atoms with E-state index < -0.39 is 0 Å². The number of allylic oxidation sites excluding steroid dienone is 2. The summed E-state index contributed by atoms with van der Waals surface area (Å²) in [7, 11) is 0. The van der Waals surface area contributed by atoms with Crippen LogP contribution in [-0.2, 0) is 6.42 Å². The number of benzene rings is 2. The fourth-order valence-electron chi connectivity index (χ4n) is 2.98. The van der Waals surface area contributed by atoms with Gasteiger partial charge in [-0.1, -0.05) is 67.9 Å². The van der Waals surface area contributed by atoms with Crippen LogP contribution in [0.25, 0.3) is 11.1 Å². The lowest BCUT2D eigenvalue weighted by Crippen LogP contribution is -1.87. The molecule has 0 nitrogen and oxygen atoms in total. The zero-order chi connectivity index (χ0) is 13.1. The predicted molar refractivity (Wildman–Crippen MR) is 82.9 cm³/mol. The van der Waals surface area contributed by atoms with Crippen LogP contribution in [0.4, 0.5) is 0 Å². The molecule has 0 aromatic heterocycles. The van der Waals surface area contributed by atoms with Crippen molar-refractivity contribution in [3.63, 3.8) is 0 Å². The molecule has 19 heavy (non-hydrogen) atoms. The fraction of sp³-hybridized carbons (Fsp3) is 0.263. The second kappa shape index (κ2) is 5.44. The molecule has 2 aromatic rings. The van der Waals surface area contributed by atoms with E-state index in [4.69, 9.17) is 0 Å². The van der Waals surface area contributed by atoms with Crippen LogP contribution in [0.2, 0.25) is 0 Å². The minimum absolute atomic E-state index is 1.10. The van der Waals surface area contributed by atoms with Crippen molar-refractivity contribution in [2.24, 2.45) is 0 Å². The highest BCUT2D eigenvalue weighted by Crippen LogP contribution is 2.40. The molecular formula is C19H20. The Bertz CT molecular complexity index is 590. The summed E-state index contributed by atoms with van der Waals surface area (Å²) in [5.41, 5.74) is 7.48. The standard InChI is InChI=1S/C19H20/c1-2-3-12-18-17-13-8-7-11-16(17)14-19(18)15-9-5-4-6-10-15/h4-11,13H,2-3,12,14H2,1H3. The third kappa shape index (κ3) is 2.35. The molecule has 96 valence electrons. The van der Waals surface area contributed by atoms with Crippen LogP contribution in [0.3, 0.4) is 0 Å². The minimum Gasteiger partial charge on any atom is -0.0654 e. The number of rotatable bonds is 4. The lowest BCUT2D eigenvalue weighted by Gasteiger charge is -2.08. The number of fused-ring (bicyclic) bond motifs is 1. The van der Waals surface area contributed by atoms with Crippen LogP contribution in [0.5, 0.6) is 0 Å². The van der Waals surface area contributed by atoms with Crippen LogP contribution in [0.15, 0.2) is 54.6 Å². The number of hydrogen-bond donors (Lipinski definition) is 0. The molecule has 0 bridgehead atoms. The van der Waals surface area contributed by atoms with Gasteiger partial charge in [0.05, 0.1) is 0 Å². The molecule has 0 N–H and O–H groups in total. The highest BCUT2D eigenvalue weighted by molar-refractivity contribution is 5.96. The van der Waals surface area contributed by atoms with Gasteiger partial charge in [0.2, 0.25) is 0 Å². The van der Waals surface area contributed by atoms with E-state index in [1.54, 1.807) is 5.57 Å². The maximum atomic E-state index is 2.29. The van der Waals surface area contributed by atoms with Crippen molar-refractivity contribution in [2.45, 2.75) is 32.6 Å². The Balaban J connectivity index is 2.05. The summed E-state index contributed by atoms with van der Waals surface area (Å²) in [5, 5.41) is 0. The molecule has 0 radical (unpaired) electrons. The highest BCUT2D eigenvalue weighted by atomic mass is 14.2. The lowest BCUT2D eigenvalue weighted by molar-refractivity contribution is 0.825. The smallest absolute Gasteiger partial charge is 0.00108 e. The Morgan fingerprint density at radius 2 is 1.63 bits per heavy atom. The summed E-state index contributed by atoms with van der Waals surface area (Å²) in [6.45, 7) is 2.27. The van der Waals surface area contributed by atoms with E-state index in [9.17, 15) is 0 Å². The Morgan fingerprint density at radius 1 is 0.895 bits per heavy atom. The van der Waals surface area contributed by atoms with Crippen LogP contribution in [-0.4, -0.2) is 0 Å². The molecule has 3 rings (SSSR count). The van der Waals surface area contributed by atoms with Gasteiger partial charge in [-0.05, 0) is 47.1 Å². The zero-order valence-electron chi connectivity index (χ0n) is 11.5. The Kier molecular flexibility index (Phi) is 3.50. The number of hydrogen-bond acceptors (Lipinski definition) is 0. The molecule has 2 aromatic carbocycles. The van der Waals surface area contributed by atoms with Crippen molar-refractivity contribution in [1.82, 2.24) is 0 Å². The quantitative estimate of drug-likeness (QED) is 0.684. The summed E-state index contributed by atoms with van der Waals surface area (Å²) >= 11 is 0. The van der Waals surface area contributed by atoms with Gasteiger partial charge in [0.1, 0.15) is 0 Å². The molecule has 0 amide bonds. The summed E-state index contributed by atoms with van der Waals surface area (Å²) in [6.07, 6.45) is 4.84. The molecule has 0 aliphatic heterocycles. The maximum absolute atomic E-state index is 2.29. The zero-order valence-corrected chi connectivity index (χ0v) is 11.5. The Morgan fingerprint density at radius 3 is 2.42 bits per heavy atom. The van der Waals surface area contributed by atoms with E-state index in [0.29, 0.717) is 0 Å². The van der Waals surface area contributed by atoms with E-state index in [0.717, 1.165) is 6.42 Å². The van der Waals surface area contributed by atoms with E-state index in [1.165, 1.54) is 41.5 Å². The van der Waals surface area contributed by atoms with Gasteiger partial charge < -0.3 is 0 Å². The summed E-state index contributed by atoms with van der Waals surface area (Å²) in [4.78, 5) is 0. The van der Waals surface area contributed by atoms with Gasteiger partial charge in [-0.3, -0.25) is 0 Å². The van der Waals surface area contributed by atoms with E-state index in [2.05, 4.69) is 61.5 Å². The van der Waals surface area contributed by atoms with Crippen LogP contribution in [0.1, 0.15) is 42.9 Å². The largest absolute Gasteiger partial charge is 0.0654 e. The fourth-order valence-corrected chi connectivity index (χ4v) is 2.98. The Hall–Kier alpha value is -1.82. The molecule has 0 atom stereocenters. The third-order valence-electron chi connectivity index (χ3n) is 3.98. The van der Waals surface area contributed by atoms with Crippen molar-refractivity contribution < 1.29 is 0 Å². The summed E-state index contributed by atoms with van der Waals surface area (Å²) < 4.78 is 0. The van der Waals surface area contributed by atoms with Crippen LogP contribution >= 0.6 is 0 Å². The molecule has 0 heteroatoms. The normalized spacial score (nSPS) is 13.7. The molecule has 0 heterocycles. The summed E-state index contributed by atoms with van der Waals surface area (Å²) in [5.74, 6) is 0. The van der Waals surface area contributed by atoms with Gasteiger partial charge in [-0.15, -0.1) is 0 Å². The Labute approximate surface area is 115 Å². The molecule has 1 aliphatic rings. The lowest BCUT2D eigenvalue weighted by atomic mass is 9.96. The van der Waals surface area contributed by atoms with Crippen molar-refractivity contribution in [1.29, 1.82) is 0 Å². The first kappa shape index (κ1) is 12.2. The molecule has 0 saturated heterocycles. The topological polar surface area (TPSA) is 0 Å². The van der Waals surface area contributed by atoms with Gasteiger partial charge in [0, 0.05) is 0 Å².